The summed E-state index contributed by atoms with van der Waals surface area (Å²) >= 11 is 5.86. The molecule has 0 saturated carbocycles. The van der Waals surface area contributed by atoms with Gasteiger partial charge < -0.3 is 19.5 Å². The molecule has 6 heteroatoms. The van der Waals surface area contributed by atoms with Gasteiger partial charge in [0, 0.05) is 23.8 Å². The predicted octanol–water partition coefficient (Wildman–Crippen LogP) is 5.37. The van der Waals surface area contributed by atoms with Gasteiger partial charge >= 0.3 is 0 Å². The minimum absolute atomic E-state index is 0.0980. The van der Waals surface area contributed by atoms with Crippen LogP contribution in [-0.2, 0) is 0 Å². The smallest absolute Gasteiger partial charge is 0.174 e. The summed E-state index contributed by atoms with van der Waals surface area (Å²) in [6.07, 6.45) is 3.89. The van der Waals surface area contributed by atoms with Gasteiger partial charge in [0.15, 0.2) is 5.11 Å². The van der Waals surface area contributed by atoms with Crippen LogP contribution >= 0.6 is 12.2 Å². The van der Waals surface area contributed by atoms with E-state index in [9.17, 15) is 0 Å². The highest BCUT2D eigenvalue weighted by Gasteiger charge is 2.42. The third-order valence-corrected chi connectivity index (χ3v) is 6.12. The second kappa shape index (κ2) is 8.48. The molecule has 2 atom stereocenters. The van der Waals surface area contributed by atoms with Crippen LogP contribution in [0.1, 0.15) is 29.0 Å². The van der Waals surface area contributed by atoms with E-state index in [4.69, 9.17) is 17.0 Å². The van der Waals surface area contributed by atoms with Crippen LogP contribution < -0.4 is 15.0 Å². The number of aromatic nitrogens is 2. The largest absolute Gasteiger partial charge is 0.495 e. The number of benzene rings is 2. The Morgan fingerprint density at radius 1 is 0.969 bits per heavy atom. The van der Waals surface area contributed by atoms with Crippen LogP contribution in [0, 0.1) is 6.92 Å². The van der Waals surface area contributed by atoms with Gasteiger partial charge in [0.25, 0.3) is 0 Å². The molecular formula is C26H24N4OS. The van der Waals surface area contributed by atoms with Crippen LogP contribution in [-0.4, -0.2) is 21.8 Å². The third-order valence-electron chi connectivity index (χ3n) is 5.81. The van der Waals surface area contributed by atoms with Gasteiger partial charge in [-0.05, 0) is 73.2 Å². The molecule has 0 aliphatic carbocycles. The molecule has 3 heterocycles. The van der Waals surface area contributed by atoms with Crippen molar-refractivity contribution in [3.63, 3.8) is 0 Å². The molecule has 5 nitrogen and oxygen atoms in total. The molecule has 1 aliphatic heterocycles. The molecule has 2 aromatic carbocycles. The van der Waals surface area contributed by atoms with Crippen molar-refractivity contribution >= 4 is 23.0 Å². The van der Waals surface area contributed by atoms with E-state index in [1.807, 2.05) is 42.6 Å². The van der Waals surface area contributed by atoms with Gasteiger partial charge in [-0.15, -0.1) is 0 Å². The molecule has 0 unspecified atom stereocenters. The van der Waals surface area contributed by atoms with Gasteiger partial charge in [0.1, 0.15) is 11.8 Å². The van der Waals surface area contributed by atoms with Gasteiger partial charge in [-0.2, -0.15) is 0 Å². The van der Waals surface area contributed by atoms with Crippen LogP contribution in [0.5, 0.6) is 5.75 Å². The van der Waals surface area contributed by atoms with E-state index in [2.05, 4.69) is 75.4 Å². The Hall–Kier alpha value is -3.64. The van der Waals surface area contributed by atoms with Crippen molar-refractivity contribution in [2.45, 2.75) is 19.0 Å². The van der Waals surface area contributed by atoms with Crippen molar-refractivity contribution in [3.8, 4) is 11.4 Å². The first kappa shape index (κ1) is 20.3. The van der Waals surface area contributed by atoms with Crippen molar-refractivity contribution in [2.75, 3.05) is 12.0 Å². The van der Waals surface area contributed by atoms with Crippen LogP contribution in [0.3, 0.4) is 0 Å². The zero-order valence-corrected chi connectivity index (χ0v) is 18.8. The summed E-state index contributed by atoms with van der Waals surface area (Å²) < 4.78 is 7.84. The Balaban J connectivity index is 1.69. The van der Waals surface area contributed by atoms with E-state index >= 15 is 0 Å². The lowest BCUT2D eigenvalue weighted by Crippen LogP contribution is -2.30. The molecule has 1 saturated heterocycles. The molecule has 1 aliphatic rings. The van der Waals surface area contributed by atoms with E-state index in [1.165, 1.54) is 5.56 Å². The van der Waals surface area contributed by atoms with Crippen LogP contribution in [0.15, 0.2) is 91.3 Å². The van der Waals surface area contributed by atoms with Gasteiger partial charge in [0.2, 0.25) is 0 Å². The number of nitrogens with zero attached hydrogens (tertiary/aromatic N) is 3. The summed E-state index contributed by atoms with van der Waals surface area (Å²) in [7, 11) is 1.70. The number of thiocarbonyl (C=S) groups is 1. The standard InChI is InChI=1S/C26H24N4OS/c1-18-9-7-10-19(17-18)30-25(24(28-26(30)32)20-11-5-6-15-27-20)22-13-8-16-29(22)21-12-3-4-14-23(21)31-2/h3-17,24-25H,1-2H3,(H,28,32)/t24-,25-/m0/s1. The Morgan fingerprint density at radius 3 is 2.59 bits per heavy atom. The highest BCUT2D eigenvalue weighted by molar-refractivity contribution is 7.80. The lowest BCUT2D eigenvalue weighted by molar-refractivity contribution is 0.412. The van der Waals surface area contributed by atoms with Crippen molar-refractivity contribution in [3.05, 3.63) is 108 Å². The van der Waals surface area contributed by atoms with Gasteiger partial charge in [-0.1, -0.05) is 30.3 Å². The van der Waals surface area contributed by atoms with E-state index in [-0.39, 0.29) is 12.1 Å². The molecular weight excluding hydrogens is 416 g/mol. The van der Waals surface area contributed by atoms with E-state index in [1.54, 1.807) is 7.11 Å². The fourth-order valence-electron chi connectivity index (χ4n) is 4.39. The maximum absolute atomic E-state index is 5.86. The zero-order chi connectivity index (χ0) is 22.1. The molecule has 0 spiro atoms. The van der Waals surface area contributed by atoms with Crippen molar-refractivity contribution < 1.29 is 4.74 Å². The first-order chi connectivity index (χ1) is 15.7. The van der Waals surface area contributed by atoms with Crippen LogP contribution in [0.25, 0.3) is 5.69 Å². The lowest BCUT2D eigenvalue weighted by atomic mass is 10.0. The number of rotatable bonds is 5. The first-order valence-corrected chi connectivity index (χ1v) is 11.0. The average molecular weight is 441 g/mol. The van der Waals surface area contributed by atoms with E-state index in [0.29, 0.717) is 5.11 Å². The van der Waals surface area contributed by atoms with Gasteiger partial charge in [-0.25, -0.2) is 0 Å². The SMILES string of the molecule is COc1ccccc1-n1cccc1[C@H]1[C@H](c2ccccn2)NC(=S)N1c1cccc(C)c1. The minimum atomic E-state index is -0.104. The monoisotopic (exact) mass is 440 g/mol. The molecule has 4 aromatic rings. The summed E-state index contributed by atoms with van der Waals surface area (Å²) in [6.45, 7) is 2.10. The van der Waals surface area contributed by atoms with Crippen molar-refractivity contribution in [2.24, 2.45) is 0 Å². The number of methoxy groups -OCH3 is 1. The lowest BCUT2D eigenvalue weighted by Gasteiger charge is -2.29. The molecule has 32 heavy (non-hydrogen) atoms. The molecule has 1 N–H and O–H groups in total. The topological polar surface area (TPSA) is 42.3 Å². The number of hydrogen-bond acceptors (Lipinski definition) is 3. The Bertz CT molecular complexity index is 1250. The van der Waals surface area contributed by atoms with Gasteiger partial charge in [-0.3, -0.25) is 4.98 Å². The number of hydrogen-bond donors (Lipinski definition) is 1. The Morgan fingerprint density at radius 2 is 1.81 bits per heavy atom. The summed E-state index contributed by atoms with van der Waals surface area (Å²) in [4.78, 5) is 6.85. The van der Waals surface area contributed by atoms with Crippen molar-refractivity contribution in [1.82, 2.24) is 14.9 Å². The summed E-state index contributed by atoms with van der Waals surface area (Å²) in [5.41, 5.74) is 5.27. The van der Waals surface area contributed by atoms with Gasteiger partial charge in [0.05, 0.1) is 24.5 Å². The molecule has 0 amide bonds. The summed E-state index contributed by atoms with van der Waals surface area (Å²) in [6, 6.07) is 26.5. The molecule has 1 fully saturated rings. The van der Waals surface area contributed by atoms with Crippen LogP contribution in [0.2, 0.25) is 0 Å². The summed E-state index contributed by atoms with van der Waals surface area (Å²) in [5, 5.41) is 4.22. The fraction of sp³-hybridized carbons (Fsp3) is 0.154. The highest BCUT2D eigenvalue weighted by Crippen LogP contribution is 2.43. The normalized spacial score (nSPS) is 17.9. The third kappa shape index (κ3) is 3.52. The Kier molecular flexibility index (Phi) is 5.37. The number of aryl methyl sites for hydroxylation is 1. The zero-order valence-electron chi connectivity index (χ0n) is 18.0. The molecule has 0 radical (unpaired) electrons. The quantitative estimate of drug-likeness (QED) is 0.423. The second-order valence-electron chi connectivity index (χ2n) is 7.81. The highest BCUT2D eigenvalue weighted by atomic mass is 32.1. The fourth-order valence-corrected chi connectivity index (χ4v) is 4.74. The molecule has 5 rings (SSSR count). The molecule has 0 bridgehead atoms. The number of para-hydroxylation sites is 2. The Labute approximate surface area is 193 Å². The maximum atomic E-state index is 5.86. The summed E-state index contributed by atoms with van der Waals surface area (Å²) in [5.74, 6) is 0.815. The first-order valence-electron chi connectivity index (χ1n) is 10.6. The number of ether oxygens (including phenoxy) is 1. The second-order valence-corrected chi connectivity index (χ2v) is 8.20. The molecule has 2 aromatic heterocycles. The van der Waals surface area contributed by atoms with Crippen LogP contribution in [0.4, 0.5) is 5.69 Å². The number of nitrogens with one attached hydrogen (secondary N) is 1. The average Bonchev–Trinajstić information content (AvgIpc) is 3.43. The molecule has 160 valence electrons. The minimum Gasteiger partial charge on any atom is -0.495 e. The number of pyridine rings is 1. The van der Waals surface area contributed by atoms with E-state index in [0.717, 1.165) is 28.5 Å². The predicted molar refractivity (Wildman–Crippen MR) is 131 cm³/mol. The number of anilines is 1. The van der Waals surface area contributed by atoms with E-state index < -0.39 is 0 Å². The van der Waals surface area contributed by atoms with Crippen molar-refractivity contribution in [1.29, 1.82) is 0 Å². The maximum Gasteiger partial charge on any atom is 0.174 e.